The molecule has 2 aromatic heterocycles. The molecule has 2 fully saturated rings. The molecule has 1 N–H and O–H groups in total. The maximum Gasteiger partial charge on any atom is 0.256 e. The highest BCUT2D eigenvalue weighted by Crippen LogP contribution is 2.38. The number of fused-ring (bicyclic) bond motifs is 1. The van der Waals surface area contributed by atoms with Gasteiger partial charge in [-0.05, 0) is 50.1 Å². The second-order valence-corrected chi connectivity index (χ2v) is 9.19. The highest BCUT2D eigenvalue weighted by Gasteiger charge is 2.28. The number of nitrogens with one attached hydrogen (secondary N) is 1. The first-order chi connectivity index (χ1) is 16.5. The molecule has 0 radical (unpaired) electrons. The number of aryl methyl sites for hydroxylation is 1. The van der Waals surface area contributed by atoms with E-state index >= 15 is 4.39 Å². The molecule has 1 aliphatic heterocycles. The summed E-state index contributed by atoms with van der Waals surface area (Å²) in [7, 11) is 0. The largest absolute Gasteiger partial charge is 0.469 e. The van der Waals surface area contributed by atoms with E-state index in [4.69, 9.17) is 4.42 Å². The summed E-state index contributed by atoms with van der Waals surface area (Å²) in [5.41, 5.74) is 0.890. The van der Waals surface area contributed by atoms with E-state index in [1.807, 2.05) is 16.7 Å². The predicted octanol–water partition coefficient (Wildman–Crippen LogP) is 3.57. The zero-order valence-electron chi connectivity index (χ0n) is 19.6. The van der Waals surface area contributed by atoms with Crippen LogP contribution < -0.4 is 15.6 Å². The lowest BCUT2D eigenvalue weighted by Crippen LogP contribution is -2.46. The van der Waals surface area contributed by atoms with Gasteiger partial charge < -0.3 is 24.1 Å². The lowest BCUT2D eigenvalue weighted by molar-refractivity contribution is 0.0951. The molecule has 7 nitrogen and oxygen atoms in total. The van der Waals surface area contributed by atoms with E-state index in [-0.39, 0.29) is 17.0 Å². The van der Waals surface area contributed by atoms with Gasteiger partial charge in [-0.1, -0.05) is 6.92 Å². The third kappa shape index (κ3) is 4.59. The number of piperazine rings is 1. The molecule has 34 heavy (non-hydrogen) atoms. The molecule has 8 heteroatoms. The van der Waals surface area contributed by atoms with Crippen LogP contribution in [0, 0.1) is 5.82 Å². The fourth-order valence-electron chi connectivity index (χ4n) is 4.74. The van der Waals surface area contributed by atoms with Crippen LogP contribution in [0.15, 0.2) is 45.9 Å². The average molecular weight is 467 g/mol. The van der Waals surface area contributed by atoms with Crippen LogP contribution in [-0.4, -0.2) is 54.6 Å². The molecular weight excluding hydrogens is 435 g/mol. The van der Waals surface area contributed by atoms with E-state index in [2.05, 4.69) is 22.0 Å². The number of pyridine rings is 1. The van der Waals surface area contributed by atoms with E-state index in [1.54, 1.807) is 18.5 Å². The number of aromatic nitrogens is 1. The first-order valence-electron chi connectivity index (χ1n) is 12.2. The Kier molecular flexibility index (Phi) is 6.41. The quantitative estimate of drug-likeness (QED) is 0.514. The van der Waals surface area contributed by atoms with Gasteiger partial charge in [-0.2, -0.15) is 0 Å². The fourth-order valence-corrected chi connectivity index (χ4v) is 4.74. The topological polar surface area (TPSA) is 70.7 Å². The minimum atomic E-state index is -0.420. The standard InChI is InChI=1S/C26H31FN4O3/c1-2-29-10-12-30(13-11-29)24-16-23-20(15-22(24)27)25(32)21(17-31(23)18-7-8-18)26(33)28-9-3-5-19-6-4-14-34-19/h4,6,14-18H,2-3,5,7-13H2,1H3,(H,28,33). The minimum absolute atomic E-state index is 0.0705. The summed E-state index contributed by atoms with van der Waals surface area (Å²) in [5, 5.41) is 3.11. The summed E-state index contributed by atoms with van der Waals surface area (Å²) in [6.07, 6.45) is 6.68. The van der Waals surface area contributed by atoms with Crippen molar-refractivity contribution in [3.63, 3.8) is 0 Å². The highest BCUT2D eigenvalue weighted by atomic mass is 19.1. The number of anilines is 1. The van der Waals surface area contributed by atoms with Crippen LogP contribution in [0.1, 0.15) is 48.3 Å². The summed E-state index contributed by atoms with van der Waals surface area (Å²) in [6.45, 7) is 6.84. The van der Waals surface area contributed by atoms with Crippen molar-refractivity contribution in [3.05, 3.63) is 64.1 Å². The van der Waals surface area contributed by atoms with Gasteiger partial charge in [0.05, 0.1) is 17.5 Å². The van der Waals surface area contributed by atoms with E-state index in [9.17, 15) is 9.59 Å². The maximum atomic E-state index is 15.2. The number of amides is 1. The molecule has 180 valence electrons. The number of rotatable bonds is 8. The molecule has 0 bridgehead atoms. The molecule has 5 rings (SSSR count). The number of likely N-dealkylation sites (N-methyl/N-ethyl adjacent to an activating group) is 1. The number of hydrogen-bond acceptors (Lipinski definition) is 5. The number of carbonyl (C=O) groups is 1. The van der Waals surface area contributed by atoms with E-state index < -0.39 is 17.2 Å². The Balaban J connectivity index is 1.40. The number of hydrogen-bond donors (Lipinski definition) is 1. The number of carbonyl (C=O) groups excluding carboxylic acids is 1. The molecule has 1 aliphatic carbocycles. The first-order valence-corrected chi connectivity index (χ1v) is 12.2. The normalized spacial score (nSPS) is 16.8. The summed E-state index contributed by atoms with van der Waals surface area (Å²) in [6, 6.07) is 7.09. The summed E-state index contributed by atoms with van der Waals surface area (Å²) >= 11 is 0. The maximum absolute atomic E-state index is 15.2. The van der Waals surface area contributed by atoms with Crippen molar-refractivity contribution in [1.82, 2.24) is 14.8 Å². The van der Waals surface area contributed by atoms with E-state index in [0.717, 1.165) is 51.3 Å². The smallest absolute Gasteiger partial charge is 0.256 e. The van der Waals surface area contributed by atoms with Crippen LogP contribution in [0.25, 0.3) is 10.9 Å². The molecule has 0 spiro atoms. The van der Waals surface area contributed by atoms with Gasteiger partial charge in [0.25, 0.3) is 5.91 Å². The zero-order chi connectivity index (χ0) is 23.7. The SMILES string of the molecule is CCN1CCN(c2cc3c(cc2F)c(=O)c(C(=O)NCCCc2ccco2)cn3C2CC2)CC1. The molecule has 2 aliphatic rings. The molecule has 1 amide bonds. The summed E-state index contributed by atoms with van der Waals surface area (Å²) < 4.78 is 22.5. The molecule has 1 saturated heterocycles. The minimum Gasteiger partial charge on any atom is -0.469 e. The summed E-state index contributed by atoms with van der Waals surface area (Å²) in [4.78, 5) is 30.5. The van der Waals surface area contributed by atoms with Crippen LogP contribution in [0.3, 0.4) is 0 Å². The molecule has 0 atom stereocenters. The van der Waals surface area contributed by atoms with Crippen LogP contribution >= 0.6 is 0 Å². The van der Waals surface area contributed by atoms with Gasteiger partial charge in [0.15, 0.2) is 0 Å². The second kappa shape index (κ2) is 9.62. The Morgan fingerprint density at radius 1 is 1.21 bits per heavy atom. The van der Waals surface area contributed by atoms with Gasteiger partial charge in [-0.3, -0.25) is 9.59 Å². The Morgan fingerprint density at radius 2 is 2.00 bits per heavy atom. The van der Waals surface area contributed by atoms with Gasteiger partial charge in [0.2, 0.25) is 5.43 Å². The van der Waals surface area contributed by atoms with Crippen LogP contribution in [0.4, 0.5) is 10.1 Å². The lowest BCUT2D eigenvalue weighted by Gasteiger charge is -2.35. The number of furan rings is 1. The Bertz CT molecular complexity index is 1230. The molecule has 0 unspecified atom stereocenters. The zero-order valence-corrected chi connectivity index (χ0v) is 19.6. The third-order valence-corrected chi connectivity index (χ3v) is 6.91. The Morgan fingerprint density at radius 3 is 2.68 bits per heavy atom. The molecular formula is C26H31FN4O3. The molecule has 3 aromatic rings. The lowest BCUT2D eigenvalue weighted by atomic mass is 10.1. The predicted molar refractivity (Wildman–Crippen MR) is 130 cm³/mol. The monoisotopic (exact) mass is 466 g/mol. The average Bonchev–Trinajstić information content (AvgIpc) is 3.56. The van der Waals surface area contributed by atoms with Crippen molar-refractivity contribution in [2.75, 3.05) is 44.2 Å². The number of benzene rings is 1. The van der Waals surface area contributed by atoms with Gasteiger partial charge in [-0.25, -0.2) is 4.39 Å². The van der Waals surface area contributed by atoms with E-state index in [1.165, 1.54) is 6.07 Å². The Labute approximate surface area is 198 Å². The van der Waals surface area contributed by atoms with Gasteiger partial charge in [0.1, 0.15) is 17.1 Å². The molecule has 3 heterocycles. The molecule has 1 aromatic carbocycles. The van der Waals surface area contributed by atoms with Gasteiger partial charge in [-0.15, -0.1) is 0 Å². The van der Waals surface area contributed by atoms with Crippen molar-refractivity contribution in [3.8, 4) is 0 Å². The van der Waals surface area contributed by atoms with Crippen molar-refractivity contribution in [1.29, 1.82) is 0 Å². The second-order valence-electron chi connectivity index (χ2n) is 9.19. The van der Waals surface area contributed by atoms with Crippen molar-refractivity contribution < 1.29 is 13.6 Å². The van der Waals surface area contributed by atoms with Gasteiger partial charge >= 0.3 is 0 Å². The third-order valence-electron chi connectivity index (χ3n) is 6.91. The fraction of sp³-hybridized carbons (Fsp3) is 0.462. The highest BCUT2D eigenvalue weighted by molar-refractivity contribution is 5.98. The van der Waals surface area contributed by atoms with Gasteiger partial charge in [0, 0.05) is 56.8 Å². The van der Waals surface area contributed by atoms with E-state index in [0.29, 0.717) is 30.6 Å². The first kappa shape index (κ1) is 22.7. The number of nitrogens with zero attached hydrogens (tertiary/aromatic N) is 3. The van der Waals surface area contributed by atoms with Crippen molar-refractivity contribution in [2.24, 2.45) is 0 Å². The van der Waals surface area contributed by atoms with Crippen LogP contribution in [0.5, 0.6) is 0 Å². The van der Waals surface area contributed by atoms with Crippen molar-refractivity contribution >= 4 is 22.5 Å². The summed E-state index contributed by atoms with van der Waals surface area (Å²) in [5.74, 6) is 0.0345. The Hall–Kier alpha value is -3.13. The van der Waals surface area contributed by atoms with Crippen LogP contribution in [-0.2, 0) is 6.42 Å². The number of halogens is 1. The van der Waals surface area contributed by atoms with Crippen LogP contribution in [0.2, 0.25) is 0 Å². The molecule has 1 saturated carbocycles. The van der Waals surface area contributed by atoms with Crippen molar-refractivity contribution in [2.45, 2.75) is 38.6 Å².